The largest absolute Gasteiger partial charge is 0.394 e. The van der Waals surface area contributed by atoms with Crippen molar-refractivity contribution in [2.75, 3.05) is 12.3 Å². The van der Waals surface area contributed by atoms with E-state index in [2.05, 4.69) is 64.6 Å². The minimum atomic E-state index is -0.886. The number of nitrogen functional groups attached to an aromatic ring is 1. The van der Waals surface area contributed by atoms with Gasteiger partial charge in [-0.2, -0.15) is 4.98 Å². The number of benzene rings is 5. The first kappa shape index (κ1) is 22.4. The van der Waals surface area contributed by atoms with Crippen LogP contribution in [0.25, 0.3) is 65.6 Å². The van der Waals surface area contributed by atoms with Crippen LogP contribution >= 0.6 is 0 Å². The second kappa shape index (κ2) is 7.97. The fourth-order valence-corrected chi connectivity index (χ4v) is 6.32. The first-order valence-electron chi connectivity index (χ1n) is 12.8. The minimum Gasteiger partial charge on any atom is -0.394 e. The molecule has 1 aliphatic rings. The van der Waals surface area contributed by atoms with Gasteiger partial charge in [0.1, 0.15) is 18.2 Å². The summed E-state index contributed by atoms with van der Waals surface area (Å²) in [4.78, 5) is 24.9. The van der Waals surface area contributed by atoms with E-state index in [0.717, 1.165) is 48.7 Å². The van der Waals surface area contributed by atoms with E-state index < -0.39 is 24.0 Å². The maximum atomic E-state index is 13.0. The molecule has 7 aromatic rings. The summed E-state index contributed by atoms with van der Waals surface area (Å²) in [6.45, 7) is -0.336. The van der Waals surface area contributed by atoms with Crippen LogP contribution in [-0.4, -0.2) is 48.5 Å². The summed E-state index contributed by atoms with van der Waals surface area (Å²) in [7, 11) is 0. The Kier molecular flexibility index (Phi) is 4.58. The van der Waals surface area contributed by atoms with E-state index >= 15 is 0 Å². The maximum absolute atomic E-state index is 13.0. The SMILES string of the molecule is Nc1nc2c(nc(-c3c4ccccc4c4ccc5cccc6ccc3c4c65)n2[C@H]2C[C@H](O)[C@@H](CO)O2)c(=O)[nH]1. The Morgan fingerprint density at radius 2 is 1.67 bits per heavy atom. The molecule has 0 saturated carbocycles. The summed E-state index contributed by atoms with van der Waals surface area (Å²) < 4.78 is 7.83. The normalized spacial score (nSPS) is 19.9. The van der Waals surface area contributed by atoms with Gasteiger partial charge in [-0.1, -0.05) is 66.7 Å². The van der Waals surface area contributed by atoms with Crippen molar-refractivity contribution in [3.05, 3.63) is 77.1 Å². The number of H-pyrrole nitrogens is 1. The molecule has 5 N–H and O–H groups in total. The number of aromatic nitrogens is 4. The molecule has 8 rings (SSSR count). The number of fused-ring (bicyclic) bond motifs is 3. The maximum Gasteiger partial charge on any atom is 0.280 e. The van der Waals surface area contributed by atoms with Crippen molar-refractivity contribution in [2.45, 2.75) is 24.9 Å². The van der Waals surface area contributed by atoms with Crippen molar-refractivity contribution < 1.29 is 14.9 Å². The monoisotopic (exact) mass is 517 g/mol. The lowest BCUT2D eigenvalue weighted by atomic mass is 9.87. The highest BCUT2D eigenvalue weighted by atomic mass is 16.5. The van der Waals surface area contributed by atoms with E-state index in [1.54, 1.807) is 4.57 Å². The third-order valence-corrected chi connectivity index (χ3v) is 8.00. The van der Waals surface area contributed by atoms with Gasteiger partial charge in [0.15, 0.2) is 11.2 Å². The molecule has 9 heteroatoms. The Morgan fingerprint density at radius 3 is 2.41 bits per heavy atom. The van der Waals surface area contributed by atoms with Crippen LogP contribution in [0, 0.1) is 0 Å². The molecule has 9 nitrogen and oxygen atoms in total. The van der Waals surface area contributed by atoms with Gasteiger partial charge in [0.2, 0.25) is 5.95 Å². The van der Waals surface area contributed by atoms with Crippen LogP contribution in [0.5, 0.6) is 0 Å². The average Bonchev–Trinajstić information content (AvgIpc) is 3.51. The fourth-order valence-electron chi connectivity index (χ4n) is 6.32. The van der Waals surface area contributed by atoms with Crippen LogP contribution in [0.3, 0.4) is 0 Å². The number of nitrogens with two attached hydrogens (primary N) is 1. The number of hydrogen-bond donors (Lipinski definition) is 4. The molecule has 3 atom stereocenters. The van der Waals surface area contributed by atoms with Gasteiger partial charge in [0.25, 0.3) is 5.56 Å². The van der Waals surface area contributed by atoms with Crippen molar-refractivity contribution in [3.63, 3.8) is 0 Å². The lowest BCUT2D eigenvalue weighted by molar-refractivity contribution is -0.0426. The molecule has 5 aromatic carbocycles. The van der Waals surface area contributed by atoms with Crippen LogP contribution in [0.4, 0.5) is 5.95 Å². The van der Waals surface area contributed by atoms with E-state index in [-0.39, 0.29) is 30.1 Å². The van der Waals surface area contributed by atoms with Crippen molar-refractivity contribution in [1.82, 2.24) is 19.5 Å². The van der Waals surface area contributed by atoms with E-state index in [1.165, 1.54) is 0 Å². The second-order valence-electron chi connectivity index (χ2n) is 10.1. The minimum absolute atomic E-state index is 0.0438. The molecule has 0 unspecified atom stereocenters. The van der Waals surface area contributed by atoms with Crippen LogP contribution in [0.15, 0.2) is 71.5 Å². The Labute approximate surface area is 220 Å². The molecule has 3 heterocycles. The highest BCUT2D eigenvalue weighted by molar-refractivity contribution is 6.33. The molecule has 1 saturated heterocycles. The van der Waals surface area contributed by atoms with Crippen LogP contribution < -0.4 is 11.3 Å². The van der Waals surface area contributed by atoms with Gasteiger partial charge < -0.3 is 20.7 Å². The number of aliphatic hydroxyl groups excluding tert-OH is 2. The summed E-state index contributed by atoms with van der Waals surface area (Å²) in [6, 6.07) is 22.9. The number of aliphatic hydroxyl groups is 2. The van der Waals surface area contributed by atoms with Crippen LogP contribution in [-0.2, 0) is 4.74 Å². The zero-order chi connectivity index (χ0) is 26.4. The molecule has 39 heavy (non-hydrogen) atoms. The summed E-state index contributed by atoms with van der Waals surface area (Å²) in [6.07, 6.45) is -2.18. The highest BCUT2D eigenvalue weighted by Gasteiger charge is 2.37. The topological polar surface area (TPSA) is 139 Å². The Balaban J connectivity index is 1.57. The molecule has 0 spiro atoms. The van der Waals surface area contributed by atoms with E-state index in [4.69, 9.17) is 15.5 Å². The second-order valence-corrected chi connectivity index (χ2v) is 10.1. The van der Waals surface area contributed by atoms with Crippen molar-refractivity contribution in [2.24, 2.45) is 0 Å². The third kappa shape index (κ3) is 3.03. The number of imidazole rings is 1. The number of ether oxygens (including phenoxy) is 1. The number of nitrogens with zero attached hydrogens (tertiary/aromatic N) is 3. The predicted molar refractivity (Wildman–Crippen MR) is 151 cm³/mol. The number of aromatic amines is 1. The molecule has 192 valence electrons. The van der Waals surface area contributed by atoms with E-state index in [9.17, 15) is 15.0 Å². The van der Waals surface area contributed by atoms with Gasteiger partial charge in [0, 0.05) is 12.0 Å². The van der Waals surface area contributed by atoms with E-state index in [0.29, 0.717) is 5.82 Å². The smallest absolute Gasteiger partial charge is 0.280 e. The predicted octanol–water partition coefficient (Wildman–Crippen LogP) is 4.06. The van der Waals surface area contributed by atoms with Crippen molar-refractivity contribution in [1.29, 1.82) is 0 Å². The van der Waals surface area contributed by atoms with Crippen molar-refractivity contribution >= 4 is 60.2 Å². The number of hydrogen-bond acceptors (Lipinski definition) is 7. The summed E-state index contributed by atoms with van der Waals surface area (Å²) in [5.41, 5.74) is 6.72. The third-order valence-electron chi connectivity index (χ3n) is 8.00. The average molecular weight is 518 g/mol. The first-order valence-corrected chi connectivity index (χ1v) is 12.8. The molecule has 0 aliphatic carbocycles. The molecule has 2 aromatic heterocycles. The molecular formula is C30H23N5O4. The molecule has 1 aliphatic heterocycles. The molecule has 0 amide bonds. The lowest BCUT2D eigenvalue weighted by Gasteiger charge is -2.20. The van der Waals surface area contributed by atoms with Gasteiger partial charge in [0.05, 0.1) is 12.7 Å². The zero-order valence-corrected chi connectivity index (χ0v) is 20.6. The van der Waals surface area contributed by atoms with Crippen molar-refractivity contribution in [3.8, 4) is 11.4 Å². The number of anilines is 1. The fraction of sp³-hybridized carbons (Fsp3) is 0.167. The van der Waals surface area contributed by atoms with Gasteiger partial charge in [-0.3, -0.25) is 14.3 Å². The standard InChI is InChI=1S/C30H23N5O4/c31-30-33-28-26(29(38)34-30)32-27(35(28)22-12-20(37)21(13-36)39-22)25-17-7-2-1-6-16(17)18-10-8-14-4-3-5-15-9-11-19(25)24(18)23(14)15/h1-11,20-22,36-37H,12-13H2,(H3,31,33,34,38)/t20-,21+,22+/m0/s1. The van der Waals surface area contributed by atoms with Crippen LogP contribution in [0.2, 0.25) is 0 Å². The van der Waals surface area contributed by atoms with E-state index in [1.807, 2.05) is 12.1 Å². The quantitative estimate of drug-likeness (QED) is 0.205. The van der Waals surface area contributed by atoms with Gasteiger partial charge in [-0.05, 0) is 43.1 Å². The van der Waals surface area contributed by atoms with Gasteiger partial charge in [-0.25, -0.2) is 4.98 Å². The van der Waals surface area contributed by atoms with Gasteiger partial charge >= 0.3 is 0 Å². The molecule has 1 fully saturated rings. The summed E-state index contributed by atoms with van der Waals surface area (Å²) >= 11 is 0. The molecule has 0 radical (unpaired) electrons. The Bertz CT molecular complexity index is 2130. The molecular weight excluding hydrogens is 494 g/mol. The van der Waals surface area contributed by atoms with Gasteiger partial charge in [-0.15, -0.1) is 0 Å². The van der Waals surface area contributed by atoms with Crippen LogP contribution in [0.1, 0.15) is 12.6 Å². The Hall–Kier alpha value is -4.57. The molecule has 0 bridgehead atoms. The zero-order valence-electron chi connectivity index (χ0n) is 20.6. The summed E-state index contributed by atoms with van der Waals surface area (Å²) in [5, 5.41) is 29.0. The summed E-state index contributed by atoms with van der Waals surface area (Å²) in [5.74, 6) is 0.441. The number of rotatable bonds is 3. The highest BCUT2D eigenvalue weighted by Crippen LogP contribution is 2.46. The Morgan fingerprint density at radius 1 is 0.923 bits per heavy atom. The first-order chi connectivity index (χ1) is 19.0. The number of nitrogens with one attached hydrogen (secondary N) is 1. The lowest BCUT2D eigenvalue weighted by Crippen LogP contribution is -2.24.